The van der Waals surface area contributed by atoms with Crippen molar-refractivity contribution in [2.75, 3.05) is 23.7 Å². The lowest BCUT2D eigenvalue weighted by molar-refractivity contribution is 0.0293. The predicted molar refractivity (Wildman–Crippen MR) is 120 cm³/mol. The van der Waals surface area contributed by atoms with Gasteiger partial charge in [0.15, 0.2) is 17.0 Å². The first kappa shape index (κ1) is 23.1. The molecule has 1 fully saturated rings. The number of likely N-dealkylation sites (tertiary alicyclic amines) is 1. The van der Waals surface area contributed by atoms with Crippen molar-refractivity contribution in [1.29, 1.82) is 0 Å². The van der Waals surface area contributed by atoms with Crippen molar-refractivity contribution in [3.05, 3.63) is 6.33 Å². The number of ether oxygens (including phenoxy) is 1. The molecule has 3 heterocycles. The van der Waals surface area contributed by atoms with E-state index in [1.165, 1.54) is 0 Å². The summed E-state index contributed by atoms with van der Waals surface area (Å²) in [7, 11) is 0. The SMILES string of the molecule is CC[C@@H](Nc1nc(N[C@H]2CCN(C(=O)OC(C)(C)C)C2)c2ncn(CC)c2n1)[C@H](C)O. The Bertz CT molecular complexity index is 906. The smallest absolute Gasteiger partial charge is 0.410 e. The van der Waals surface area contributed by atoms with Crippen LogP contribution in [0, 0.1) is 0 Å². The third-order valence-electron chi connectivity index (χ3n) is 5.32. The van der Waals surface area contributed by atoms with Crippen LogP contribution in [0.1, 0.15) is 54.4 Å². The Morgan fingerprint density at radius 1 is 1.35 bits per heavy atom. The molecule has 0 aromatic carbocycles. The molecule has 1 aliphatic heterocycles. The Balaban J connectivity index is 1.81. The van der Waals surface area contributed by atoms with Crippen molar-refractivity contribution in [1.82, 2.24) is 24.4 Å². The van der Waals surface area contributed by atoms with Crippen LogP contribution in [0.5, 0.6) is 0 Å². The van der Waals surface area contributed by atoms with Gasteiger partial charge in [-0.25, -0.2) is 9.78 Å². The number of fused-ring (bicyclic) bond motifs is 1. The third-order valence-corrected chi connectivity index (χ3v) is 5.32. The molecule has 10 nitrogen and oxygen atoms in total. The number of carbonyl (C=O) groups is 1. The van der Waals surface area contributed by atoms with Gasteiger partial charge in [0, 0.05) is 25.7 Å². The van der Waals surface area contributed by atoms with E-state index in [2.05, 4.69) is 25.6 Å². The molecule has 172 valence electrons. The molecule has 0 spiro atoms. The summed E-state index contributed by atoms with van der Waals surface area (Å²) in [5.74, 6) is 1.07. The molecule has 10 heteroatoms. The number of amides is 1. The van der Waals surface area contributed by atoms with Gasteiger partial charge in [-0.1, -0.05) is 6.92 Å². The van der Waals surface area contributed by atoms with E-state index in [9.17, 15) is 9.90 Å². The summed E-state index contributed by atoms with van der Waals surface area (Å²) in [6.07, 6.45) is 2.44. The molecule has 3 N–H and O–H groups in total. The second-order valence-corrected chi connectivity index (χ2v) is 9.05. The predicted octanol–water partition coefficient (Wildman–Crippen LogP) is 2.84. The normalized spacial score (nSPS) is 18.8. The largest absolute Gasteiger partial charge is 0.444 e. The highest BCUT2D eigenvalue weighted by Gasteiger charge is 2.30. The number of aliphatic hydroxyl groups excluding tert-OH is 1. The first-order valence-electron chi connectivity index (χ1n) is 11.0. The molecule has 0 radical (unpaired) electrons. The molecule has 1 aliphatic rings. The topological polar surface area (TPSA) is 117 Å². The van der Waals surface area contributed by atoms with Crippen LogP contribution in [0.25, 0.3) is 11.2 Å². The number of aliphatic hydroxyl groups is 1. The standard InChI is InChI=1S/C21H35N7O3/c1-7-15(13(3)29)24-19-25-17(16-18(26-19)27(8-2)12-22-16)23-14-9-10-28(11-14)20(30)31-21(4,5)6/h12-15,29H,7-11H2,1-6H3,(H2,23,24,25,26)/t13-,14-,15+/m0/s1. The molecule has 2 aromatic rings. The lowest BCUT2D eigenvalue weighted by Gasteiger charge is -2.24. The maximum atomic E-state index is 12.4. The molecule has 2 aromatic heterocycles. The number of imidazole rings is 1. The fourth-order valence-electron chi connectivity index (χ4n) is 3.63. The molecule has 1 amide bonds. The molecular formula is C21H35N7O3. The summed E-state index contributed by atoms with van der Waals surface area (Å²) in [4.78, 5) is 27.9. The zero-order valence-corrected chi connectivity index (χ0v) is 19.3. The van der Waals surface area contributed by atoms with Crippen molar-refractivity contribution < 1.29 is 14.6 Å². The van der Waals surface area contributed by atoms with Crippen LogP contribution >= 0.6 is 0 Å². The van der Waals surface area contributed by atoms with Gasteiger partial charge in [-0.15, -0.1) is 0 Å². The lowest BCUT2D eigenvalue weighted by Crippen LogP contribution is -2.36. The number of hydrogen-bond acceptors (Lipinski definition) is 8. The first-order valence-corrected chi connectivity index (χ1v) is 11.0. The average Bonchev–Trinajstić information content (AvgIpc) is 3.31. The quantitative estimate of drug-likeness (QED) is 0.610. The fourth-order valence-corrected chi connectivity index (χ4v) is 3.63. The molecular weight excluding hydrogens is 398 g/mol. The summed E-state index contributed by atoms with van der Waals surface area (Å²) in [6, 6.07) is -0.124. The lowest BCUT2D eigenvalue weighted by atomic mass is 10.1. The summed E-state index contributed by atoms with van der Waals surface area (Å²) in [6.45, 7) is 13.3. The van der Waals surface area contributed by atoms with Gasteiger partial charge in [-0.3, -0.25) is 0 Å². The van der Waals surface area contributed by atoms with Gasteiger partial charge in [0.1, 0.15) is 5.60 Å². The van der Waals surface area contributed by atoms with Gasteiger partial charge < -0.3 is 29.9 Å². The van der Waals surface area contributed by atoms with Crippen LogP contribution in [0.15, 0.2) is 6.33 Å². The summed E-state index contributed by atoms with van der Waals surface area (Å²) in [5.41, 5.74) is 0.896. The third kappa shape index (κ3) is 5.55. The Morgan fingerprint density at radius 3 is 2.71 bits per heavy atom. The second-order valence-electron chi connectivity index (χ2n) is 9.05. The van der Waals surface area contributed by atoms with Crippen molar-refractivity contribution in [2.24, 2.45) is 0 Å². The van der Waals surface area contributed by atoms with E-state index >= 15 is 0 Å². The second kappa shape index (κ2) is 9.25. The van der Waals surface area contributed by atoms with Crippen LogP contribution in [0.4, 0.5) is 16.6 Å². The summed E-state index contributed by atoms with van der Waals surface area (Å²) >= 11 is 0. The van der Waals surface area contributed by atoms with Crippen molar-refractivity contribution >= 4 is 29.0 Å². The highest BCUT2D eigenvalue weighted by Crippen LogP contribution is 2.25. The fraction of sp³-hybridized carbons (Fsp3) is 0.714. The Morgan fingerprint density at radius 2 is 2.10 bits per heavy atom. The van der Waals surface area contributed by atoms with Crippen molar-refractivity contribution in [3.63, 3.8) is 0 Å². The van der Waals surface area contributed by atoms with Gasteiger partial charge in [-0.2, -0.15) is 9.97 Å². The van der Waals surface area contributed by atoms with Crippen LogP contribution in [-0.2, 0) is 11.3 Å². The maximum absolute atomic E-state index is 12.4. The zero-order valence-electron chi connectivity index (χ0n) is 19.3. The molecule has 0 bridgehead atoms. The van der Waals surface area contributed by atoms with Gasteiger partial charge in [0.05, 0.1) is 18.5 Å². The summed E-state index contributed by atoms with van der Waals surface area (Å²) in [5, 5.41) is 16.7. The van der Waals surface area contributed by atoms with Crippen LogP contribution in [0.3, 0.4) is 0 Å². The molecule has 0 unspecified atom stereocenters. The number of anilines is 2. The zero-order chi connectivity index (χ0) is 22.8. The highest BCUT2D eigenvalue weighted by atomic mass is 16.6. The van der Waals surface area contributed by atoms with E-state index < -0.39 is 11.7 Å². The number of carbonyl (C=O) groups excluding carboxylic acids is 1. The van der Waals surface area contributed by atoms with E-state index in [1.807, 2.05) is 39.2 Å². The van der Waals surface area contributed by atoms with Gasteiger partial charge in [-0.05, 0) is 47.5 Å². The van der Waals surface area contributed by atoms with Gasteiger partial charge in [0.25, 0.3) is 0 Å². The average molecular weight is 434 g/mol. The number of aromatic nitrogens is 4. The monoisotopic (exact) mass is 433 g/mol. The number of nitrogens with one attached hydrogen (secondary N) is 2. The Kier molecular flexibility index (Phi) is 6.88. The highest BCUT2D eigenvalue weighted by molar-refractivity contribution is 5.84. The number of nitrogens with zero attached hydrogens (tertiary/aromatic N) is 5. The number of rotatable bonds is 7. The van der Waals surface area contributed by atoms with Crippen molar-refractivity contribution in [2.45, 2.75) is 84.7 Å². The summed E-state index contributed by atoms with van der Waals surface area (Å²) < 4.78 is 7.45. The van der Waals surface area contributed by atoms with Gasteiger partial charge >= 0.3 is 6.09 Å². The van der Waals surface area contributed by atoms with Crippen LogP contribution in [-0.4, -0.2) is 72.5 Å². The van der Waals surface area contributed by atoms with E-state index in [-0.39, 0.29) is 18.2 Å². The molecule has 31 heavy (non-hydrogen) atoms. The van der Waals surface area contributed by atoms with E-state index in [0.29, 0.717) is 30.4 Å². The van der Waals surface area contributed by atoms with Crippen molar-refractivity contribution in [3.8, 4) is 0 Å². The molecule has 3 atom stereocenters. The minimum atomic E-state index is -0.533. The Hall–Kier alpha value is -2.62. The van der Waals surface area contributed by atoms with E-state index in [0.717, 1.165) is 25.0 Å². The van der Waals surface area contributed by atoms with E-state index in [4.69, 9.17) is 4.74 Å². The first-order chi connectivity index (χ1) is 14.6. The van der Waals surface area contributed by atoms with E-state index in [1.54, 1.807) is 18.2 Å². The number of hydrogen-bond donors (Lipinski definition) is 3. The molecule has 1 saturated heterocycles. The molecule has 0 aliphatic carbocycles. The minimum Gasteiger partial charge on any atom is -0.444 e. The van der Waals surface area contributed by atoms with Crippen LogP contribution < -0.4 is 10.6 Å². The number of aryl methyl sites for hydroxylation is 1. The Labute approximate surface area is 183 Å². The molecule has 3 rings (SSSR count). The maximum Gasteiger partial charge on any atom is 0.410 e. The van der Waals surface area contributed by atoms with Gasteiger partial charge in [0.2, 0.25) is 5.95 Å². The van der Waals surface area contributed by atoms with Crippen LogP contribution in [0.2, 0.25) is 0 Å². The minimum absolute atomic E-state index is 0.0315. The molecule has 0 saturated carbocycles.